The van der Waals surface area contributed by atoms with E-state index >= 15 is 0 Å². The highest BCUT2D eigenvalue weighted by molar-refractivity contribution is 8.15. The van der Waals surface area contributed by atoms with Crippen LogP contribution in [0.4, 0.5) is 5.69 Å². The lowest BCUT2D eigenvalue weighted by atomic mass is 10.2. The van der Waals surface area contributed by atoms with Gasteiger partial charge >= 0.3 is 0 Å². The quantitative estimate of drug-likeness (QED) is 0.845. The molecule has 0 N–H and O–H groups in total. The molecule has 1 aliphatic heterocycles. The molecule has 2 heterocycles. The lowest BCUT2D eigenvalue weighted by molar-refractivity contribution is -0.115. The molecule has 7 heteroatoms. The van der Waals surface area contributed by atoms with Crippen LogP contribution in [0.1, 0.15) is 17.0 Å². The summed E-state index contributed by atoms with van der Waals surface area (Å²) >= 11 is 7.29. The number of amides is 1. The summed E-state index contributed by atoms with van der Waals surface area (Å²) in [5.74, 6) is 0.870. The van der Waals surface area contributed by atoms with Crippen LogP contribution in [-0.4, -0.2) is 29.0 Å². The molecule has 1 aromatic heterocycles. The number of benzene rings is 1. The monoisotopic (exact) mass is 347 g/mol. The highest BCUT2D eigenvalue weighted by atomic mass is 35.5. The summed E-state index contributed by atoms with van der Waals surface area (Å²) < 4.78 is 5.37. The molecular formula is C16H14ClN3O2S. The van der Waals surface area contributed by atoms with Gasteiger partial charge in [-0.15, -0.1) is 0 Å². The van der Waals surface area contributed by atoms with Crippen molar-refractivity contribution in [3.8, 4) is 0 Å². The van der Waals surface area contributed by atoms with E-state index in [4.69, 9.17) is 16.1 Å². The zero-order valence-electron chi connectivity index (χ0n) is 12.6. The van der Waals surface area contributed by atoms with E-state index in [1.54, 1.807) is 18.0 Å². The summed E-state index contributed by atoms with van der Waals surface area (Å²) in [5.41, 5.74) is 2.27. The number of rotatable bonds is 3. The molecule has 1 fully saturated rings. The number of hydrogen-bond donors (Lipinski definition) is 0. The average Bonchev–Trinajstić information content (AvgIpc) is 3.09. The van der Waals surface area contributed by atoms with Crippen molar-refractivity contribution < 1.29 is 9.32 Å². The van der Waals surface area contributed by atoms with Crippen LogP contribution < -0.4 is 4.90 Å². The number of nitrogens with zero attached hydrogens (tertiary/aromatic N) is 3. The molecule has 0 spiro atoms. The second-order valence-corrected chi connectivity index (χ2v) is 6.27. The van der Waals surface area contributed by atoms with Gasteiger partial charge in [-0.3, -0.25) is 14.7 Å². The van der Waals surface area contributed by atoms with Crippen LogP contribution in [-0.2, 0) is 4.79 Å². The van der Waals surface area contributed by atoms with Gasteiger partial charge in [0.25, 0.3) is 0 Å². The fourth-order valence-corrected chi connectivity index (χ4v) is 3.22. The molecular weight excluding hydrogens is 334 g/mol. The topological polar surface area (TPSA) is 58.7 Å². The van der Waals surface area contributed by atoms with Crippen LogP contribution in [0.25, 0.3) is 12.2 Å². The van der Waals surface area contributed by atoms with Gasteiger partial charge in [0, 0.05) is 12.1 Å². The predicted octanol–water partition coefficient (Wildman–Crippen LogP) is 3.87. The van der Waals surface area contributed by atoms with E-state index in [9.17, 15) is 4.79 Å². The summed E-state index contributed by atoms with van der Waals surface area (Å²) in [7, 11) is 1.67. The third-order valence-corrected chi connectivity index (χ3v) is 4.60. The van der Waals surface area contributed by atoms with Crippen LogP contribution in [0, 0.1) is 6.92 Å². The number of amidine groups is 1. The maximum atomic E-state index is 12.2. The van der Waals surface area contributed by atoms with E-state index in [0.29, 0.717) is 33.1 Å². The Morgan fingerprint density at radius 3 is 2.78 bits per heavy atom. The van der Waals surface area contributed by atoms with E-state index in [1.807, 2.05) is 37.3 Å². The van der Waals surface area contributed by atoms with E-state index in [2.05, 4.69) is 10.1 Å². The van der Waals surface area contributed by atoms with Gasteiger partial charge < -0.3 is 4.52 Å². The van der Waals surface area contributed by atoms with Crippen molar-refractivity contribution in [1.82, 2.24) is 5.16 Å². The first-order chi connectivity index (χ1) is 11.1. The van der Waals surface area contributed by atoms with Crippen molar-refractivity contribution in [1.29, 1.82) is 0 Å². The predicted molar refractivity (Wildman–Crippen MR) is 94.9 cm³/mol. The Labute approximate surface area is 143 Å². The molecule has 118 valence electrons. The largest absolute Gasteiger partial charge is 0.354 e. The standard InChI is InChI=1S/C16H14ClN3O2S/c1-10-15(20-14(21)9-23-16(20)18-2)13(22-19-10)8-5-11-3-6-12(17)7-4-11/h3-8H,9H2,1-2H3/b8-5+,18-16?. The van der Waals surface area contributed by atoms with Gasteiger partial charge in [0.1, 0.15) is 11.4 Å². The Hall–Kier alpha value is -2.05. The van der Waals surface area contributed by atoms with Crippen LogP contribution >= 0.6 is 23.4 Å². The summed E-state index contributed by atoms with van der Waals surface area (Å²) in [5, 5.41) is 5.32. The fraction of sp³-hybridized carbons (Fsp3) is 0.188. The molecule has 1 aromatic carbocycles. The van der Waals surface area contributed by atoms with E-state index < -0.39 is 0 Å². The van der Waals surface area contributed by atoms with Crippen molar-refractivity contribution in [3.05, 3.63) is 46.3 Å². The molecule has 0 saturated carbocycles. The number of carbonyl (C=O) groups excluding carboxylic acids is 1. The number of thioether (sulfide) groups is 1. The molecule has 0 atom stereocenters. The molecule has 0 aliphatic carbocycles. The number of anilines is 1. The number of aromatic nitrogens is 1. The van der Waals surface area contributed by atoms with Gasteiger partial charge in [0.15, 0.2) is 10.9 Å². The minimum Gasteiger partial charge on any atom is -0.354 e. The van der Waals surface area contributed by atoms with Crippen LogP contribution in [0.3, 0.4) is 0 Å². The molecule has 1 saturated heterocycles. The number of halogens is 1. The van der Waals surface area contributed by atoms with Gasteiger partial charge in [-0.05, 0) is 30.7 Å². The highest BCUT2D eigenvalue weighted by Crippen LogP contribution is 2.33. The van der Waals surface area contributed by atoms with Crippen molar-refractivity contribution in [3.63, 3.8) is 0 Å². The lowest BCUT2D eigenvalue weighted by Gasteiger charge is -2.14. The van der Waals surface area contributed by atoms with Gasteiger partial charge in [-0.2, -0.15) is 0 Å². The zero-order chi connectivity index (χ0) is 16.4. The Kier molecular flexibility index (Phi) is 4.54. The molecule has 1 amide bonds. The Morgan fingerprint density at radius 1 is 1.35 bits per heavy atom. The molecule has 23 heavy (non-hydrogen) atoms. The van der Waals surface area contributed by atoms with Crippen LogP contribution in [0.5, 0.6) is 0 Å². The minimum absolute atomic E-state index is 0.0250. The first-order valence-electron chi connectivity index (χ1n) is 6.92. The molecule has 0 unspecified atom stereocenters. The first kappa shape index (κ1) is 15.8. The number of hydrogen-bond acceptors (Lipinski definition) is 5. The second-order valence-electron chi connectivity index (χ2n) is 4.89. The average molecular weight is 348 g/mol. The fourth-order valence-electron chi connectivity index (χ4n) is 2.26. The highest BCUT2D eigenvalue weighted by Gasteiger charge is 2.33. The number of carbonyl (C=O) groups is 1. The van der Waals surface area contributed by atoms with Crippen LogP contribution in [0.2, 0.25) is 5.02 Å². The van der Waals surface area contributed by atoms with Crippen molar-refractivity contribution in [2.75, 3.05) is 17.7 Å². The second kappa shape index (κ2) is 6.60. The Morgan fingerprint density at radius 2 is 2.09 bits per heavy atom. The van der Waals surface area contributed by atoms with Crippen molar-refractivity contribution in [2.24, 2.45) is 4.99 Å². The van der Waals surface area contributed by atoms with Gasteiger partial charge in [0.05, 0.1) is 5.75 Å². The summed E-state index contributed by atoms with van der Waals surface area (Å²) in [6.07, 6.45) is 3.68. The number of aliphatic imine (C=N–C) groups is 1. The summed E-state index contributed by atoms with van der Waals surface area (Å²) in [4.78, 5) is 17.9. The lowest BCUT2D eigenvalue weighted by Crippen LogP contribution is -2.30. The van der Waals surface area contributed by atoms with E-state index in [-0.39, 0.29) is 5.91 Å². The minimum atomic E-state index is -0.0250. The Balaban J connectivity index is 1.96. The SMILES string of the molecule is CN=C1SCC(=O)N1c1c(C)noc1/C=C/c1ccc(Cl)cc1. The third-order valence-electron chi connectivity index (χ3n) is 3.33. The summed E-state index contributed by atoms with van der Waals surface area (Å²) in [6, 6.07) is 7.43. The first-order valence-corrected chi connectivity index (χ1v) is 8.29. The van der Waals surface area contributed by atoms with Crippen LogP contribution in [0.15, 0.2) is 33.8 Å². The maximum Gasteiger partial charge on any atom is 0.243 e. The van der Waals surface area contributed by atoms with Crippen molar-refractivity contribution >= 4 is 52.3 Å². The number of aryl methyl sites for hydroxylation is 1. The molecule has 0 bridgehead atoms. The molecule has 0 radical (unpaired) electrons. The summed E-state index contributed by atoms with van der Waals surface area (Å²) in [6.45, 7) is 1.81. The smallest absolute Gasteiger partial charge is 0.243 e. The maximum absolute atomic E-state index is 12.2. The molecule has 2 aromatic rings. The van der Waals surface area contributed by atoms with Gasteiger partial charge in [-0.1, -0.05) is 46.7 Å². The van der Waals surface area contributed by atoms with Gasteiger partial charge in [0.2, 0.25) is 5.91 Å². The van der Waals surface area contributed by atoms with Crippen molar-refractivity contribution in [2.45, 2.75) is 6.92 Å². The van der Waals surface area contributed by atoms with E-state index in [0.717, 1.165) is 5.56 Å². The molecule has 3 rings (SSSR count). The third kappa shape index (κ3) is 3.18. The molecule has 1 aliphatic rings. The Bertz CT molecular complexity index is 796. The molecule has 5 nitrogen and oxygen atoms in total. The zero-order valence-corrected chi connectivity index (χ0v) is 14.2. The normalized spacial score (nSPS) is 16.9. The van der Waals surface area contributed by atoms with E-state index in [1.165, 1.54) is 11.8 Å². The van der Waals surface area contributed by atoms with Gasteiger partial charge in [-0.25, -0.2) is 0 Å².